The second-order valence-electron chi connectivity index (χ2n) is 5.24. The zero-order valence-corrected chi connectivity index (χ0v) is 10.0. The van der Waals surface area contributed by atoms with Gasteiger partial charge in [-0.05, 0) is 30.2 Å². The molecule has 1 saturated carbocycles. The summed E-state index contributed by atoms with van der Waals surface area (Å²) in [7, 11) is 0. The lowest BCUT2D eigenvalue weighted by Gasteiger charge is -2.40. The smallest absolute Gasteiger partial charge is 0.161 e. The molecule has 0 saturated heterocycles. The van der Waals surface area contributed by atoms with E-state index in [2.05, 4.69) is 13.8 Å². The normalized spacial score (nSPS) is 30.2. The maximum Gasteiger partial charge on any atom is 0.161 e. The van der Waals surface area contributed by atoms with Gasteiger partial charge in [-0.3, -0.25) is 0 Å². The van der Waals surface area contributed by atoms with Crippen molar-refractivity contribution in [2.24, 2.45) is 5.92 Å². The summed E-state index contributed by atoms with van der Waals surface area (Å²) in [5, 5.41) is 19.6. The lowest BCUT2D eigenvalue weighted by Crippen LogP contribution is -2.33. The van der Waals surface area contributed by atoms with Gasteiger partial charge in [0.05, 0.1) is 0 Å². The number of hydrogen-bond acceptors (Lipinski definition) is 2. The Kier molecular flexibility index (Phi) is 2.83. The van der Waals surface area contributed by atoms with Gasteiger partial charge in [-0.2, -0.15) is 0 Å². The van der Waals surface area contributed by atoms with E-state index in [0.29, 0.717) is 5.92 Å². The molecule has 2 atom stereocenters. The van der Waals surface area contributed by atoms with Gasteiger partial charge in [-0.15, -0.1) is 0 Å². The quantitative estimate of drug-likeness (QED) is 0.710. The third kappa shape index (κ3) is 1.66. The van der Waals surface area contributed by atoms with Crippen LogP contribution >= 0.6 is 0 Å². The third-order valence-corrected chi connectivity index (χ3v) is 4.30. The first kappa shape index (κ1) is 11.3. The van der Waals surface area contributed by atoms with Crippen LogP contribution in [0.25, 0.3) is 0 Å². The molecule has 1 aromatic carbocycles. The monoisotopic (exact) mass is 220 g/mol. The Morgan fingerprint density at radius 3 is 2.69 bits per heavy atom. The number of aromatic hydroxyl groups is 2. The molecule has 0 amide bonds. The Balaban J connectivity index is 2.45. The van der Waals surface area contributed by atoms with Crippen molar-refractivity contribution in [3.8, 4) is 11.5 Å². The third-order valence-electron chi connectivity index (χ3n) is 4.30. The molecular formula is C14H20O2. The fraction of sp³-hybridized carbons (Fsp3) is 0.571. The largest absolute Gasteiger partial charge is 0.504 e. The SMILES string of the molecule is CC1CCCCC1(C)c1cccc(O)c1O. The van der Waals surface area contributed by atoms with Crippen molar-refractivity contribution in [3.63, 3.8) is 0 Å². The highest BCUT2D eigenvalue weighted by Crippen LogP contribution is 2.48. The average molecular weight is 220 g/mol. The van der Waals surface area contributed by atoms with Crippen molar-refractivity contribution in [3.05, 3.63) is 23.8 Å². The summed E-state index contributed by atoms with van der Waals surface area (Å²) >= 11 is 0. The fourth-order valence-electron chi connectivity index (χ4n) is 2.90. The molecule has 88 valence electrons. The van der Waals surface area contributed by atoms with Gasteiger partial charge in [0.1, 0.15) is 0 Å². The minimum absolute atomic E-state index is 0.00106. The van der Waals surface area contributed by atoms with E-state index < -0.39 is 0 Å². The highest BCUT2D eigenvalue weighted by atomic mass is 16.3. The summed E-state index contributed by atoms with van der Waals surface area (Å²) in [5.74, 6) is 0.615. The Morgan fingerprint density at radius 1 is 1.25 bits per heavy atom. The van der Waals surface area contributed by atoms with E-state index in [9.17, 15) is 10.2 Å². The number of hydrogen-bond donors (Lipinski definition) is 2. The zero-order chi connectivity index (χ0) is 11.8. The predicted molar refractivity (Wildman–Crippen MR) is 64.8 cm³/mol. The minimum Gasteiger partial charge on any atom is -0.504 e. The van der Waals surface area contributed by atoms with E-state index in [1.54, 1.807) is 0 Å². The molecule has 2 nitrogen and oxygen atoms in total. The maximum atomic E-state index is 9.98. The van der Waals surface area contributed by atoms with E-state index in [1.165, 1.54) is 25.3 Å². The van der Waals surface area contributed by atoms with Crippen molar-refractivity contribution in [1.29, 1.82) is 0 Å². The Hall–Kier alpha value is -1.18. The van der Waals surface area contributed by atoms with E-state index in [1.807, 2.05) is 12.1 Å². The topological polar surface area (TPSA) is 40.5 Å². The molecule has 1 fully saturated rings. The predicted octanol–water partition coefficient (Wildman–Crippen LogP) is 3.57. The number of benzene rings is 1. The summed E-state index contributed by atoms with van der Waals surface area (Å²) in [6, 6.07) is 5.30. The van der Waals surface area contributed by atoms with Crippen LogP contribution in [0.3, 0.4) is 0 Å². The number of para-hydroxylation sites is 1. The van der Waals surface area contributed by atoms with E-state index >= 15 is 0 Å². The zero-order valence-electron chi connectivity index (χ0n) is 10.0. The van der Waals surface area contributed by atoms with Crippen molar-refractivity contribution < 1.29 is 10.2 Å². The summed E-state index contributed by atoms with van der Waals surface area (Å²) in [5.41, 5.74) is 0.904. The van der Waals surface area contributed by atoms with Crippen LogP contribution in [0.4, 0.5) is 0 Å². The van der Waals surface area contributed by atoms with Crippen molar-refractivity contribution in [2.75, 3.05) is 0 Å². The van der Waals surface area contributed by atoms with Gasteiger partial charge in [0.2, 0.25) is 0 Å². The molecule has 2 heteroatoms. The summed E-state index contributed by atoms with van der Waals surface area (Å²) in [4.78, 5) is 0. The van der Waals surface area contributed by atoms with Gasteiger partial charge in [0.25, 0.3) is 0 Å². The van der Waals surface area contributed by atoms with Gasteiger partial charge < -0.3 is 10.2 Å². The van der Waals surface area contributed by atoms with Crippen molar-refractivity contribution in [2.45, 2.75) is 44.9 Å². The molecule has 0 aromatic heterocycles. The van der Waals surface area contributed by atoms with Crippen LogP contribution in [0.5, 0.6) is 11.5 Å². The second-order valence-corrected chi connectivity index (χ2v) is 5.24. The highest BCUT2D eigenvalue weighted by Gasteiger charge is 2.37. The highest BCUT2D eigenvalue weighted by molar-refractivity contribution is 5.48. The molecule has 1 aromatic rings. The van der Waals surface area contributed by atoms with Crippen LogP contribution in [-0.4, -0.2) is 10.2 Å². The molecule has 0 heterocycles. The Labute approximate surface area is 96.9 Å². The lowest BCUT2D eigenvalue weighted by molar-refractivity contribution is 0.214. The Morgan fingerprint density at radius 2 is 2.00 bits per heavy atom. The lowest BCUT2D eigenvalue weighted by atomic mass is 9.64. The molecule has 0 spiro atoms. The molecule has 1 aliphatic rings. The van der Waals surface area contributed by atoms with Crippen LogP contribution in [0.2, 0.25) is 0 Å². The van der Waals surface area contributed by atoms with Crippen LogP contribution in [0.1, 0.15) is 45.1 Å². The van der Waals surface area contributed by atoms with Crippen molar-refractivity contribution >= 4 is 0 Å². The van der Waals surface area contributed by atoms with Crippen LogP contribution < -0.4 is 0 Å². The molecule has 0 bridgehead atoms. The summed E-state index contributed by atoms with van der Waals surface area (Å²) < 4.78 is 0. The molecule has 2 rings (SSSR count). The molecule has 0 radical (unpaired) electrons. The van der Waals surface area contributed by atoms with Gasteiger partial charge >= 0.3 is 0 Å². The van der Waals surface area contributed by atoms with Gasteiger partial charge in [-0.1, -0.05) is 38.8 Å². The molecular weight excluding hydrogens is 200 g/mol. The maximum absolute atomic E-state index is 9.98. The standard InChI is InChI=1S/C14H20O2/c1-10-6-3-4-9-14(10,2)11-7-5-8-12(15)13(11)16/h5,7-8,10,15-16H,3-4,6,9H2,1-2H3. The van der Waals surface area contributed by atoms with Crippen LogP contribution in [0, 0.1) is 5.92 Å². The molecule has 1 aliphatic carbocycles. The number of phenols is 2. The fourth-order valence-corrected chi connectivity index (χ4v) is 2.90. The van der Waals surface area contributed by atoms with E-state index in [0.717, 1.165) is 12.0 Å². The van der Waals surface area contributed by atoms with E-state index in [4.69, 9.17) is 0 Å². The van der Waals surface area contributed by atoms with Gasteiger partial charge in [0.15, 0.2) is 11.5 Å². The van der Waals surface area contributed by atoms with Crippen LogP contribution in [0.15, 0.2) is 18.2 Å². The summed E-state index contributed by atoms with van der Waals surface area (Å²) in [6.45, 7) is 4.44. The first-order valence-corrected chi connectivity index (χ1v) is 6.07. The van der Waals surface area contributed by atoms with Crippen molar-refractivity contribution in [1.82, 2.24) is 0 Å². The molecule has 2 unspecified atom stereocenters. The van der Waals surface area contributed by atoms with Gasteiger partial charge in [0, 0.05) is 5.56 Å². The molecule has 2 N–H and O–H groups in total. The average Bonchev–Trinajstić information content (AvgIpc) is 2.26. The number of rotatable bonds is 1. The second kappa shape index (κ2) is 4.00. The van der Waals surface area contributed by atoms with E-state index in [-0.39, 0.29) is 16.9 Å². The first-order valence-electron chi connectivity index (χ1n) is 6.07. The first-order chi connectivity index (χ1) is 7.55. The Bertz CT molecular complexity index is 386. The minimum atomic E-state index is -0.00324. The summed E-state index contributed by atoms with van der Waals surface area (Å²) in [6.07, 6.45) is 4.77. The number of phenolic OH excluding ortho intramolecular Hbond substituents is 2. The molecule has 0 aliphatic heterocycles. The van der Waals surface area contributed by atoms with Gasteiger partial charge in [-0.25, -0.2) is 0 Å². The molecule has 16 heavy (non-hydrogen) atoms. The van der Waals surface area contributed by atoms with Crippen LogP contribution in [-0.2, 0) is 5.41 Å².